The van der Waals surface area contributed by atoms with Crippen LogP contribution < -0.4 is 11.1 Å². The summed E-state index contributed by atoms with van der Waals surface area (Å²) in [4.78, 5) is 14.0. The molecule has 0 unspecified atom stereocenters. The van der Waals surface area contributed by atoms with Gasteiger partial charge in [-0.15, -0.1) is 0 Å². The fourth-order valence-corrected chi connectivity index (χ4v) is 2.50. The van der Waals surface area contributed by atoms with Crippen molar-refractivity contribution in [2.75, 3.05) is 25.4 Å². The molecule has 1 aliphatic heterocycles. The summed E-state index contributed by atoms with van der Waals surface area (Å²) in [5.41, 5.74) is 9.36. The minimum atomic E-state index is 0.126. The van der Waals surface area contributed by atoms with Crippen LogP contribution in [0.3, 0.4) is 0 Å². The summed E-state index contributed by atoms with van der Waals surface area (Å²) in [6.07, 6.45) is 3.09. The van der Waals surface area contributed by atoms with Crippen LogP contribution in [-0.2, 0) is 17.8 Å². The van der Waals surface area contributed by atoms with Gasteiger partial charge in [0.05, 0.1) is 6.54 Å². The molecule has 0 aliphatic carbocycles. The van der Waals surface area contributed by atoms with E-state index in [-0.39, 0.29) is 5.91 Å². The van der Waals surface area contributed by atoms with Gasteiger partial charge in [0.25, 0.3) is 0 Å². The number of hydrogen-bond acceptors (Lipinski definition) is 3. The van der Waals surface area contributed by atoms with Gasteiger partial charge in [-0.25, -0.2) is 0 Å². The average Bonchev–Trinajstić information content (AvgIpc) is 2.39. The summed E-state index contributed by atoms with van der Waals surface area (Å²) in [7, 11) is 0. The molecule has 2 rings (SSSR count). The number of nitrogen functional groups attached to an aromatic ring is 1. The Morgan fingerprint density at radius 1 is 1.47 bits per heavy atom. The number of benzene rings is 1. The molecular weight excluding hydrogens is 238 g/mol. The first-order valence-electron chi connectivity index (χ1n) is 7.06. The topological polar surface area (TPSA) is 58.4 Å². The highest BCUT2D eigenvalue weighted by atomic mass is 16.2. The Kier molecular flexibility index (Phi) is 4.80. The van der Waals surface area contributed by atoms with Crippen molar-refractivity contribution in [1.29, 1.82) is 0 Å². The second-order valence-electron chi connectivity index (χ2n) is 5.15. The lowest BCUT2D eigenvalue weighted by atomic mass is 9.98. The third-order valence-corrected chi connectivity index (χ3v) is 3.60. The van der Waals surface area contributed by atoms with Crippen LogP contribution in [0.15, 0.2) is 18.2 Å². The molecular formula is C15H23N3O. The standard InChI is InChI=1S/C15H23N3O/c1-2-3-8-17-15(19)11-18-9-7-13-12(10-18)5-4-6-14(13)16/h4-6H,2-3,7-11,16H2,1H3,(H,17,19). The third-order valence-electron chi connectivity index (χ3n) is 3.60. The molecule has 3 N–H and O–H groups in total. The fraction of sp³-hybridized carbons (Fsp3) is 0.533. The molecule has 4 nitrogen and oxygen atoms in total. The Hall–Kier alpha value is -1.55. The molecule has 1 amide bonds. The molecule has 1 heterocycles. The summed E-state index contributed by atoms with van der Waals surface area (Å²) < 4.78 is 0. The second-order valence-corrected chi connectivity index (χ2v) is 5.15. The zero-order valence-electron chi connectivity index (χ0n) is 11.6. The van der Waals surface area contributed by atoms with E-state index in [1.165, 1.54) is 11.1 Å². The monoisotopic (exact) mass is 261 g/mol. The van der Waals surface area contributed by atoms with Gasteiger partial charge in [0, 0.05) is 25.3 Å². The number of hydrogen-bond donors (Lipinski definition) is 2. The predicted octanol–water partition coefficient (Wildman–Crippen LogP) is 1.54. The minimum Gasteiger partial charge on any atom is -0.398 e. The minimum absolute atomic E-state index is 0.126. The quantitative estimate of drug-likeness (QED) is 0.624. The largest absolute Gasteiger partial charge is 0.398 e. The first-order chi connectivity index (χ1) is 9.20. The van der Waals surface area contributed by atoms with Gasteiger partial charge in [0.1, 0.15) is 0 Å². The van der Waals surface area contributed by atoms with Crippen LogP contribution in [0, 0.1) is 0 Å². The number of rotatable bonds is 5. The van der Waals surface area contributed by atoms with Crippen LogP contribution >= 0.6 is 0 Å². The van der Waals surface area contributed by atoms with Crippen molar-refractivity contribution in [2.24, 2.45) is 0 Å². The summed E-state index contributed by atoms with van der Waals surface area (Å²) in [5.74, 6) is 0.126. The SMILES string of the molecule is CCCCNC(=O)CN1CCc2c(N)cccc2C1. The van der Waals surface area contributed by atoms with Crippen molar-refractivity contribution in [2.45, 2.75) is 32.7 Å². The van der Waals surface area contributed by atoms with Crippen LogP contribution in [0.5, 0.6) is 0 Å². The second kappa shape index (κ2) is 6.57. The van der Waals surface area contributed by atoms with E-state index in [0.717, 1.165) is 44.6 Å². The lowest BCUT2D eigenvalue weighted by Gasteiger charge is -2.28. The van der Waals surface area contributed by atoms with Gasteiger partial charge >= 0.3 is 0 Å². The number of carbonyl (C=O) groups excluding carboxylic acids is 1. The predicted molar refractivity (Wildman–Crippen MR) is 77.8 cm³/mol. The molecule has 104 valence electrons. The van der Waals surface area contributed by atoms with E-state index >= 15 is 0 Å². The molecule has 0 bridgehead atoms. The molecule has 0 radical (unpaired) electrons. The van der Waals surface area contributed by atoms with E-state index in [4.69, 9.17) is 5.73 Å². The Morgan fingerprint density at radius 2 is 2.32 bits per heavy atom. The molecule has 19 heavy (non-hydrogen) atoms. The highest BCUT2D eigenvalue weighted by Crippen LogP contribution is 2.23. The molecule has 1 aromatic rings. The van der Waals surface area contributed by atoms with Gasteiger partial charge in [0.15, 0.2) is 0 Å². The lowest BCUT2D eigenvalue weighted by molar-refractivity contribution is -0.122. The highest BCUT2D eigenvalue weighted by Gasteiger charge is 2.19. The van der Waals surface area contributed by atoms with Crippen molar-refractivity contribution in [3.63, 3.8) is 0 Å². The molecule has 0 atom stereocenters. The fourth-order valence-electron chi connectivity index (χ4n) is 2.50. The number of fused-ring (bicyclic) bond motifs is 1. The van der Waals surface area contributed by atoms with Gasteiger partial charge in [-0.2, -0.15) is 0 Å². The van der Waals surface area contributed by atoms with E-state index < -0.39 is 0 Å². The first kappa shape index (κ1) is 13.9. The van der Waals surface area contributed by atoms with Crippen molar-refractivity contribution >= 4 is 11.6 Å². The van der Waals surface area contributed by atoms with E-state index in [1.807, 2.05) is 12.1 Å². The zero-order valence-corrected chi connectivity index (χ0v) is 11.6. The molecule has 0 spiro atoms. The normalized spacial score (nSPS) is 15.0. The summed E-state index contributed by atoms with van der Waals surface area (Å²) in [6.45, 7) is 5.12. The van der Waals surface area contributed by atoms with Gasteiger partial charge in [0.2, 0.25) is 5.91 Å². The Morgan fingerprint density at radius 3 is 3.11 bits per heavy atom. The number of carbonyl (C=O) groups is 1. The summed E-state index contributed by atoms with van der Waals surface area (Å²) >= 11 is 0. The van der Waals surface area contributed by atoms with Crippen LogP contribution in [0.1, 0.15) is 30.9 Å². The number of anilines is 1. The highest BCUT2D eigenvalue weighted by molar-refractivity contribution is 5.78. The molecule has 0 fully saturated rings. The molecule has 4 heteroatoms. The van der Waals surface area contributed by atoms with Crippen LogP contribution in [-0.4, -0.2) is 30.4 Å². The number of nitrogens with one attached hydrogen (secondary N) is 1. The maximum atomic E-state index is 11.8. The van der Waals surface area contributed by atoms with Crippen molar-refractivity contribution in [1.82, 2.24) is 10.2 Å². The summed E-state index contributed by atoms with van der Waals surface area (Å²) in [5, 5.41) is 2.96. The molecule has 0 aromatic heterocycles. The van der Waals surface area contributed by atoms with Crippen LogP contribution in [0.25, 0.3) is 0 Å². The molecule has 1 aliphatic rings. The van der Waals surface area contributed by atoms with E-state index in [1.54, 1.807) is 0 Å². The molecule has 1 aromatic carbocycles. The Labute approximate surface area is 115 Å². The lowest BCUT2D eigenvalue weighted by Crippen LogP contribution is -2.40. The Balaban J connectivity index is 1.86. The number of nitrogens with zero attached hydrogens (tertiary/aromatic N) is 1. The van der Waals surface area contributed by atoms with E-state index in [0.29, 0.717) is 6.54 Å². The first-order valence-corrected chi connectivity index (χ1v) is 7.06. The van der Waals surface area contributed by atoms with E-state index in [9.17, 15) is 4.79 Å². The Bertz CT molecular complexity index is 445. The van der Waals surface area contributed by atoms with Gasteiger partial charge in [-0.3, -0.25) is 9.69 Å². The third kappa shape index (κ3) is 3.70. The van der Waals surface area contributed by atoms with Crippen molar-refractivity contribution in [3.8, 4) is 0 Å². The zero-order chi connectivity index (χ0) is 13.7. The molecule has 0 saturated carbocycles. The average molecular weight is 261 g/mol. The number of amides is 1. The summed E-state index contributed by atoms with van der Waals surface area (Å²) in [6, 6.07) is 6.04. The van der Waals surface area contributed by atoms with Gasteiger partial charge in [-0.1, -0.05) is 25.5 Å². The maximum absolute atomic E-state index is 11.8. The van der Waals surface area contributed by atoms with E-state index in [2.05, 4.69) is 23.2 Å². The van der Waals surface area contributed by atoms with Crippen LogP contribution in [0.4, 0.5) is 5.69 Å². The van der Waals surface area contributed by atoms with Gasteiger partial charge < -0.3 is 11.1 Å². The molecule has 0 saturated heterocycles. The van der Waals surface area contributed by atoms with Crippen molar-refractivity contribution < 1.29 is 4.79 Å². The van der Waals surface area contributed by atoms with Gasteiger partial charge in [-0.05, 0) is 30.0 Å². The smallest absolute Gasteiger partial charge is 0.234 e. The number of nitrogens with two attached hydrogens (primary N) is 1. The number of unbranched alkanes of at least 4 members (excludes halogenated alkanes) is 1. The van der Waals surface area contributed by atoms with Crippen molar-refractivity contribution in [3.05, 3.63) is 29.3 Å². The van der Waals surface area contributed by atoms with Crippen LogP contribution in [0.2, 0.25) is 0 Å². The maximum Gasteiger partial charge on any atom is 0.234 e.